The lowest BCUT2D eigenvalue weighted by molar-refractivity contribution is 0.154. The molecule has 0 atom stereocenters. The van der Waals surface area contributed by atoms with Crippen molar-refractivity contribution in [1.29, 1.82) is 0 Å². The summed E-state index contributed by atoms with van der Waals surface area (Å²) in [5.41, 5.74) is 5.09. The molecule has 0 aliphatic carbocycles. The van der Waals surface area contributed by atoms with Gasteiger partial charge in [0.1, 0.15) is 0 Å². The molecule has 0 bridgehead atoms. The average molecular weight is 298 g/mol. The molecule has 7 nitrogen and oxygen atoms in total. The molecule has 0 unspecified atom stereocenters. The van der Waals surface area contributed by atoms with Crippen LogP contribution in [0.25, 0.3) is 21.7 Å². The molecule has 0 spiro atoms. The summed E-state index contributed by atoms with van der Waals surface area (Å²) in [6.45, 7) is 1.95. The Kier molecular flexibility index (Phi) is 3.61. The monoisotopic (exact) mass is 298 g/mol. The summed E-state index contributed by atoms with van der Waals surface area (Å²) in [6.07, 6.45) is -0.640. The number of hydrazine groups is 1. The number of H-pyrrole nitrogens is 1. The number of fused-ring (bicyclic) bond motifs is 2. The lowest BCUT2D eigenvalue weighted by Crippen LogP contribution is -2.31. The van der Waals surface area contributed by atoms with E-state index in [-0.39, 0.29) is 12.4 Å². The Morgan fingerprint density at radius 3 is 2.73 bits per heavy atom. The molecule has 0 aliphatic heterocycles. The van der Waals surface area contributed by atoms with E-state index in [9.17, 15) is 9.59 Å². The van der Waals surface area contributed by atoms with Crippen LogP contribution in [0.1, 0.15) is 6.92 Å². The molecule has 3 N–H and O–H groups in total. The second kappa shape index (κ2) is 5.72. The van der Waals surface area contributed by atoms with Gasteiger partial charge in [0.05, 0.1) is 12.1 Å². The number of nitrogens with zero attached hydrogens (tertiary/aromatic N) is 1. The van der Waals surface area contributed by atoms with Crippen molar-refractivity contribution < 1.29 is 9.53 Å². The van der Waals surface area contributed by atoms with Crippen LogP contribution in [0.15, 0.2) is 41.2 Å². The van der Waals surface area contributed by atoms with Crippen LogP contribution in [0, 0.1) is 0 Å². The molecule has 22 heavy (non-hydrogen) atoms. The van der Waals surface area contributed by atoms with Crippen molar-refractivity contribution in [3.63, 3.8) is 0 Å². The van der Waals surface area contributed by atoms with Crippen LogP contribution in [0.2, 0.25) is 0 Å². The Morgan fingerprint density at radius 2 is 2.00 bits per heavy atom. The first-order chi connectivity index (χ1) is 10.7. The van der Waals surface area contributed by atoms with Crippen molar-refractivity contribution in [3.05, 3.63) is 46.9 Å². The second-order valence-corrected chi connectivity index (χ2v) is 4.61. The number of carbonyl (C=O) groups is 1. The largest absolute Gasteiger partial charge is 0.449 e. The van der Waals surface area contributed by atoms with E-state index in [4.69, 9.17) is 4.74 Å². The minimum atomic E-state index is -0.640. The maximum Gasteiger partial charge on any atom is 0.425 e. The highest BCUT2D eigenvalue weighted by molar-refractivity contribution is 6.00. The van der Waals surface area contributed by atoms with E-state index < -0.39 is 11.8 Å². The van der Waals surface area contributed by atoms with E-state index in [2.05, 4.69) is 20.8 Å². The number of ether oxygens (including phenoxy) is 1. The Morgan fingerprint density at radius 1 is 1.27 bits per heavy atom. The minimum absolute atomic E-state index is 0.252. The van der Waals surface area contributed by atoms with Crippen LogP contribution in [0.4, 0.5) is 10.6 Å². The Balaban J connectivity index is 2.06. The maximum absolute atomic E-state index is 11.7. The van der Waals surface area contributed by atoms with Gasteiger partial charge in [-0.3, -0.25) is 5.43 Å². The molecule has 0 saturated heterocycles. The fourth-order valence-electron chi connectivity index (χ4n) is 2.22. The molecule has 3 aromatic rings. The highest BCUT2D eigenvalue weighted by Crippen LogP contribution is 2.24. The fraction of sp³-hybridized carbons (Fsp3) is 0.133. The third kappa shape index (κ3) is 2.69. The van der Waals surface area contributed by atoms with Crippen molar-refractivity contribution in [3.8, 4) is 0 Å². The quantitative estimate of drug-likeness (QED) is 0.508. The predicted octanol–water partition coefficient (Wildman–Crippen LogP) is 2.15. The van der Waals surface area contributed by atoms with Gasteiger partial charge in [-0.05, 0) is 29.8 Å². The number of carbonyl (C=O) groups excluding carboxylic acids is 1. The maximum atomic E-state index is 11.7. The van der Waals surface area contributed by atoms with E-state index in [1.165, 1.54) is 0 Å². The Hall–Kier alpha value is -3.09. The SMILES string of the molecule is CCOC(=O)NNc1nc(=O)[nH]c2cc3ccccc3cc12. The fourth-order valence-corrected chi connectivity index (χ4v) is 2.22. The summed E-state index contributed by atoms with van der Waals surface area (Å²) in [5, 5.41) is 2.69. The molecule has 1 heterocycles. The molecule has 0 aliphatic rings. The lowest BCUT2D eigenvalue weighted by Gasteiger charge is -2.10. The molecule has 0 fully saturated rings. The van der Waals surface area contributed by atoms with Gasteiger partial charge < -0.3 is 9.72 Å². The smallest absolute Gasteiger partial charge is 0.425 e. The molecule has 1 aromatic heterocycles. The predicted molar refractivity (Wildman–Crippen MR) is 83.7 cm³/mol. The van der Waals surface area contributed by atoms with Crippen LogP contribution in [-0.2, 0) is 4.74 Å². The standard InChI is InChI=1S/C15H14N4O3/c1-2-22-15(21)19-18-13-11-7-9-5-3-4-6-10(9)8-12(11)16-14(20)17-13/h3-8H,2H2,1H3,(H,19,21)(H2,16,17,18,20). The number of aromatic nitrogens is 2. The van der Waals surface area contributed by atoms with Gasteiger partial charge in [-0.15, -0.1) is 0 Å². The van der Waals surface area contributed by atoms with Gasteiger partial charge in [-0.2, -0.15) is 4.98 Å². The van der Waals surface area contributed by atoms with Gasteiger partial charge in [-0.25, -0.2) is 15.0 Å². The van der Waals surface area contributed by atoms with Crippen molar-refractivity contribution in [2.24, 2.45) is 0 Å². The molecular formula is C15H14N4O3. The summed E-state index contributed by atoms with van der Waals surface area (Å²) >= 11 is 0. The third-order valence-corrected chi connectivity index (χ3v) is 3.15. The van der Waals surface area contributed by atoms with Crippen LogP contribution >= 0.6 is 0 Å². The third-order valence-electron chi connectivity index (χ3n) is 3.15. The summed E-state index contributed by atoms with van der Waals surface area (Å²) in [5.74, 6) is 0.262. The van der Waals surface area contributed by atoms with Crippen LogP contribution in [0.5, 0.6) is 0 Å². The molecule has 112 valence electrons. The van der Waals surface area contributed by atoms with Gasteiger partial charge in [-0.1, -0.05) is 24.3 Å². The number of anilines is 1. The van der Waals surface area contributed by atoms with E-state index in [0.717, 1.165) is 10.8 Å². The Bertz CT molecular complexity index is 904. The number of hydrogen-bond acceptors (Lipinski definition) is 5. The first-order valence-electron chi connectivity index (χ1n) is 6.79. The zero-order valence-corrected chi connectivity index (χ0v) is 11.8. The van der Waals surface area contributed by atoms with Crippen LogP contribution in [-0.4, -0.2) is 22.7 Å². The number of benzene rings is 2. The average Bonchev–Trinajstić information content (AvgIpc) is 2.51. The Labute approximate surface area is 125 Å². The lowest BCUT2D eigenvalue weighted by atomic mass is 10.1. The van der Waals surface area contributed by atoms with Gasteiger partial charge >= 0.3 is 11.8 Å². The first-order valence-corrected chi connectivity index (χ1v) is 6.79. The molecule has 3 rings (SSSR count). The summed E-state index contributed by atoms with van der Waals surface area (Å²) in [6, 6.07) is 11.5. The number of aromatic amines is 1. The summed E-state index contributed by atoms with van der Waals surface area (Å²) < 4.78 is 4.75. The zero-order chi connectivity index (χ0) is 15.5. The van der Waals surface area contributed by atoms with Crippen molar-refractivity contribution in [1.82, 2.24) is 15.4 Å². The van der Waals surface area contributed by atoms with Crippen molar-refractivity contribution in [2.45, 2.75) is 6.92 Å². The molecule has 1 amide bonds. The van der Waals surface area contributed by atoms with Crippen molar-refractivity contribution >= 4 is 33.6 Å². The molecule has 0 saturated carbocycles. The van der Waals surface area contributed by atoms with Gasteiger partial charge in [0, 0.05) is 5.39 Å². The summed E-state index contributed by atoms with van der Waals surface area (Å²) in [7, 11) is 0. The van der Waals surface area contributed by atoms with E-state index in [1.54, 1.807) is 6.92 Å². The van der Waals surface area contributed by atoms with Gasteiger partial charge in [0.2, 0.25) is 0 Å². The van der Waals surface area contributed by atoms with Crippen LogP contribution < -0.4 is 16.5 Å². The molecular weight excluding hydrogens is 284 g/mol. The highest BCUT2D eigenvalue weighted by Gasteiger charge is 2.08. The number of rotatable bonds is 3. The van der Waals surface area contributed by atoms with Gasteiger partial charge in [0.25, 0.3) is 0 Å². The number of amides is 1. The van der Waals surface area contributed by atoms with Crippen LogP contribution in [0.3, 0.4) is 0 Å². The number of nitrogens with one attached hydrogen (secondary N) is 3. The topological polar surface area (TPSA) is 96.1 Å². The van der Waals surface area contributed by atoms with E-state index in [0.29, 0.717) is 10.9 Å². The van der Waals surface area contributed by atoms with E-state index in [1.807, 2.05) is 36.4 Å². The highest BCUT2D eigenvalue weighted by atomic mass is 16.5. The van der Waals surface area contributed by atoms with Gasteiger partial charge in [0.15, 0.2) is 5.82 Å². The van der Waals surface area contributed by atoms with E-state index >= 15 is 0 Å². The van der Waals surface area contributed by atoms with Crippen molar-refractivity contribution in [2.75, 3.05) is 12.0 Å². The number of hydrogen-bond donors (Lipinski definition) is 3. The minimum Gasteiger partial charge on any atom is -0.449 e. The molecule has 2 aromatic carbocycles. The first kappa shape index (κ1) is 13.9. The molecule has 0 radical (unpaired) electrons. The summed E-state index contributed by atoms with van der Waals surface area (Å²) in [4.78, 5) is 29.5. The molecule has 7 heteroatoms. The normalized spacial score (nSPS) is 10.6. The second-order valence-electron chi connectivity index (χ2n) is 4.61. The zero-order valence-electron chi connectivity index (χ0n) is 11.8.